The summed E-state index contributed by atoms with van der Waals surface area (Å²) >= 11 is 0. The molecule has 0 unspecified atom stereocenters. The lowest BCUT2D eigenvalue weighted by atomic mass is 10.1. The molecule has 0 aliphatic carbocycles. The van der Waals surface area contributed by atoms with E-state index in [1.807, 2.05) is 38.1 Å². The average Bonchev–Trinajstić information content (AvgIpc) is 2.75. The van der Waals surface area contributed by atoms with Gasteiger partial charge in [-0.05, 0) is 62.1 Å². The van der Waals surface area contributed by atoms with Gasteiger partial charge in [0.2, 0.25) is 5.91 Å². The summed E-state index contributed by atoms with van der Waals surface area (Å²) in [6.07, 6.45) is 1.88. The summed E-state index contributed by atoms with van der Waals surface area (Å²) in [7, 11) is 1.65. The number of halogens is 1. The van der Waals surface area contributed by atoms with Crippen LogP contribution < -0.4 is 25.8 Å². The molecule has 170 valence electrons. The van der Waals surface area contributed by atoms with Crippen LogP contribution in [0.1, 0.15) is 41.8 Å². The maximum atomic E-state index is 11.2. The second-order valence-corrected chi connectivity index (χ2v) is 6.70. The normalized spacial score (nSPS) is 10.7. The summed E-state index contributed by atoms with van der Waals surface area (Å²) < 4.78 is 11.0. The summed E-state index contributed by atoms with van der Waals surface area (Å²) in [6, 6.07) is 13.2. The topological polar surface area (TPSA) is 98.0 Å². The number of nitrogens with one attached hydrogen (secondary N) is 2. The number of benzene rings is 2. The van der Waals surface area contributed by atoms with Crippen molar-refractivity contribution in [2.24, 2.45) is 10.7 Å². The van der Waals surface area contributed by atoms with Gasteiger partial charge >= 0.3 is 0 Å². The van der Waals surface area contributed by atoms with E-state index in [0.29, 0.717) is 18.7 Å². The van der Waals surface area contributed by atoms with E-state index in [4.69, 9.17) is 15.2 Å². The Morgan fingerprint density at radius 3 is 2.35 bits per heavy atom. The van der Waals surface area contributed by atoms with Gasteiger partial charge in [0.15, 0.2) is 17.5 Å². The highest BCUT2D eigenvalue weighted by Gasteiger charge is 2.06. The van der Waals surface area contributed by atoms with Crippen LogP contribution in [0.4, 0.5) is 0 Å². The first kappa shape index (κ1) is 26.5. The Morgan fingerprint density at radius 1 is 1.03 bits per heavy atom. The number of guanidine groups is 1. The zero-order valence-electron chi connectivity index (χ0n) is 18.4. The first-order chi connectivity index (χ1) is 14.6. The lowest BCUT2D eigenvalue weighted by molar-refractivity contribution is 0.100. The van der Waals surface area contributed by atoms with Crippen molar-refractivity contribution in [1.29, 1.82) is 0 Å². The summed E-state index contributed by atoms with van der Waals surface area (Å²) in [5.41, 5.74) is 7.99. The minimum Gasteiger partial charge on any atom is -0.493 e. The molecule has 0 heterocycles. The molecule has 0 atom stereocenters. The van der Waals surface area contributed by atoms with Crippen LogP contribution in [0.3, 0.4) is 0 Å². The third-order valence-corrected chi connectivity index (χ3v) is 4.46. The summed E-state index contributed by atoms with van der Waals surface area (Å²) in [5.74, 6) is 1.87. The highest BCUT2D eigenvalue weighted by molar-refractivity contribution is 14.0. The molecule has 8 heteroatoms. The van der Waals surface area contributed by atoms with Crippen molar-refractivity contribution >= 4 is 35.8 Å². The van der Waals surface area contributed by atoms with E-state index in [1.165, 1.54) is 5.56 Å². The molecule has 0 spiro atoms. The molecule has 0 fully saturated rings. The van der Waals surface area contributed by atoms with Crippen molar-refractivity contribution in [3.05, 3.63) is 59.2 Å². The van der Waals surface area contributed by atoms with Crippen LogP contribution in [0.5, 0.6) is 11.5 Å². The van der Waals surface area contributed by atoms with Gasteiger partial charge in [-0.2, -0.15) is 0 Å². The summed E-state index contributed by atoms with van der Waals surface area (Å²) in [6.45, 7) is 6.69. The molecule has 2 aromatic carbocycles. The van der Waals surface area contributed by atoms with Crippen LogP contribution in [0, 0.1) is 0 Å². The molecule has 2 rings (SSSR count). The Bertz CT molecular complexity index is 841. The van der Waals surface area contributed by atoms with E-state index in [-0.39, 0.29) is 24.0 Å². The van der Waals surface area contributed by atoms with Gasteiger partial charge in [0, 0.05) is 18.7 Å². The number of aryl methyl sites for hydroxylation is 1. The van der Waals surface area contributed by atoms with Crippen LogP contribution >= 0.6 is 24.0 Å². The first-order valence-electron chi connectivity index (χ1n) is 10.3. The Morgan fingerprint density at radius 2 is 1.74 bits per heavy atom. The smallest absolute Gasteiger partial charge is 0.248 e. The monoisotopic (exact) mass is 540 g/mol. The maximum Gasteiger partial charge on any atom is 0.248 e. The summed E-state index contributed by atoms with van der Waals surface area (Å²) in [4.78, 5) is 15.8. The number of hydrogen-bond acceptors (Lipinski definition) is 4. The number of amides is 1. The average molecular weight is 540 g/mol. The molecule has 0 aliphatic heterocycles. The SMILES string of the molecule is CCNC(=NCc1ccc(C(N)=O)cc1)NCCCc1ccc(OC)c(OCC)c1.I. The van der Waals surface area contributed by atoms with Gasteiger partial charge in [-0.1, -0.05) is 18.2 Å². The predicted molar refractivity (Wildman–Crippen MR) is 136 cm³/mol. The Labute approximate surface area is 201 Å². The molecule has 0 saturated carbocycles. The minimum absolute atomic E-state index is 0. The molecular weight excluding hydrogens is 507 g/mol. The number of methoxy groups -OCH3 is 1. The van der Waals surface area contributed by atoms with Gasteiger partial charge in [0.25, 0.3) is 0 Å². The van der Waals surface area contributed by atoms with Gasteiger partial charge < -0.3 is 25.8 Å². The Balaban J connectivity index is 0.00000480. The molecule has 0 bridgehead atoms. The fraction of sp³-hybridized carbons (Fsp3) is 0.391. The molecule has 4 N–H and O–H groups in total. The van der Waals surface area contributed by atoms with Crippen molar-refractivity contribution in [3.63, 3.8) is 0 Å². The van der Waals surface area contributed by atoms with Crippen molar-refractivity contribution in [2.75, 3.05) is 26.8 Å². The third-order valence-electron chi connectivity index (χ3n) is 4.46. The van der Waals surface area contributed by atoms with E-state index >= 15 is 0 Å². The van der Waals surface area contributed by atoms with Crippen LogP contribution in [-0.2, 0) is 13.0 Å². The van der Waals surface area contributed by atoms with E-state index in [2.05, 4.69) is 21.7 Å². The van der Waals surface area contributed by atoms with Crippen LogP contribution in [0.25, 0.3) is 0 Å². The predicted octanol–water partition coefficient (Wildman–Crippen LogP) is 3.50. The summed E-state index contributed by atoms with van der Waals surface area (Å²) in [5, 5.41) is 6.61. The van der Waals surface area contributed by atoms with Gasteiger partial charge in [-0.25, -0.2) is 4.99 Å². The molecule has 0 radical (unpaired) electrons. The van der Waals surface area contributed by atoms with Crippen LogP contribution in [0.2, 0.25) is 0 Å². The van der Waals surface area contributed by atoms with Gasteiger partial charge in [0.1, 0.15) is 0 Å². The second kappa shape index (κ2) is 14.5. The number of carbonyl (C=O) groups excluding carboxylic acids is 1. The molecule has 31 heavy (non-hydrogen) atoms. The molecular formula is C23H33IN4O3. The van der Waals surface area contributed by atoms with Crippen molar-refractivity contribution in [3.8, 4) is 11.5 Å². The lowest BCUT2D eigenvalue weighted by Crippen LogP contribution is -2.37. The molecule has 1 amide bonds. The fourth-order valence-electron chi connectivity index (χ4n) is 2.93. The van der Waals surface area contributed by atoms with E-state index in [0.717, 1.165) is 49.0 Å². The van der Waals surface area contributed by atoms with E-state index < -0.39 is 5.91 Å². The molecule has 0 aliphatic rings. The fourth-order valence-corrected chi connectivity index (χ4v) is 2.93. The zero-order chi connectivity index (χ0) is 21.8. The molecule has 0 saturated heterocycles. The lowest BCUT2D eigenvalue weighted by Gasteiger charge is -2.13. The number of ether oxygens (including phenoxy) is 2. The second-order valence-electron chi connectivity index (χ2n) is 6.70. The number of hydrogen-bond donors (Lipinski definition) is 3. The number of rotatable bonds is 11. The Kier molecular flexibility index (Phi) is 12.4. The number of aliphatic imine (C=N–C) groups is 1. The molecule has 0 aromatic heterocycles. The van der Waals surface area contributed by atoms with Gasteiger partial charge in [0.05, 0.1) is 20.3 Å². The van der Waals surface area contributed by atoms with Crippen molar-refractivity contribution < 1.29 is 14.3 Å². The number of nitrogens with two attached hydrogens (primary N) is 1. The standard InChI is InChI=1S/C23H32N4O3.HI/c1-4-25-23(27-16-18-8-11-19(12-9-18)22(24)28)26-14-6-7-17-10-13-20(29-3)21(15-17)30-5-2;/h8-13,15H,4-7,14,16H2,1-3H3,(H2,24,28)(H2,25,26,27);1H. The highest BCUT2D eigenvalue weighted by Crippen LogP contribution is 2.28. The molecule has 7 nitrogen and oxygen atoms in total. The van der Waals surface area contributed by atoms with Gasteiger partial charge in [-0.15, -0.1) is 24.0 Å². The highest BCUT2D eigenvalue weighted by atomic mass is 127. The third kappa shape index (κ3) is 9.04. The number of nitrogens with zero attached hydrogens (tertiary/aromatic N) is 1. The van der Waals surface area contributed by atoms with Crippen molar-refractivity contribution in [2.45, 2.75) is 33.2 Å². The van der Waals surface area contributed by atoms with Crippen LogP contribution in [0.15, 0.2) is 47.5 Å². The van der Waals surface area contributed by atoms with Crippen LogP contribution in [-0.4, -0.2) is 38.7 Å². The molecule has 2 aromatic rings. The van der Waals surface area contributed by atoms with Gasteiger partial charge in [-0.3, -0.25) is 4.79 Å². The quantitative estimate of drug-likeness (QED) is 0.176. The number of primary amides is 1. The maximum absolute atomic E-state index is 11.2. The largest absolute Gasteiger partial charge is 0.493 e. The zero-order valence-corrected chi connectivity index (χ0v) is 20.8. The minimum atomic E-state index is -0.426. The van der Waals surface area contributed by atoms with Crippen molar-refractivity contribution in [1.82, 2.24) is 10.6 Å². The van der Waals surface area contributed by atoms with E-state index in [9.17, 15) is 4.79 Å². The van der Waals surface area contributed by atoms with E-state index in [1.54, 1.807) is 19.2 Å². The number of carbonyl (C=O) groups is 1. The first-order valence-corrected chi connectivity index (χ1v) is 10.3. The Hall–Kier alpha value is -2.49.